The maximum atomic E-state index is 13.8. The topological polar surface area (TPSA) is 141 Å². The minimum atomic E-state index is -4.02. The van der Waals surface area contributed by atoms with Gasteiger partial charge in [0.15, 0.2) is 11.5 Å². The van der Waals surface area contributed by atoms with Crippen LogP contribution in [0.2, 0.25) is 0 Å². The number of amides is 1. The number of piperazine rings is 1. The number of aryl methyl sites for hydroxylation is 1. The average Bonchev–Trinajstić information content (AvgIpc) is 3.72. The van der Waals surface area contributed by atoms with Gasteiger partial charge in [-0.3, -0.25) is 9.36 Å². The number of ether oxygens (including phenoxy) is 3. The van der Waals surface area contributed by atoms with Gasteiger partial charge < -0.3 is 24.4 Å². The van der Waals surface area contributed by atoms with Crippen LogP contribution in [0.5, 0.6) is 17.2 Å². The predicted octanol–water partition coefficient (Wildman–Crippen LogP) is 1.90. The summed E-state index contributed by atoms with van der Waals surface area (Å²) in [7, 11) is -2.51. The Morgan fingerprint density at radius 2 is 1.88 bits per heavy atom. The van der Waals surface area contributed by atoms with Gasteiger partial charge in [0.2, 0.25) is 28.7 Å². The van der Waals surface area contributed by atoms with Crippen molar-refractivity contribution in [1.82, 2.24) is 29.1 Å². The second-order valence-electron chi connectivity index (χ2n) is 9.80. The van der Waals surface area contributed by atoms with Crippen LogP contribution in [-0.4, -0.2) is 77.7 Å². The van der Waals surface area contributed by atoms with E-state index in [0.29, 0.717) is 35.6 Å². The van der Waals surface area contributed by atoms with E-state index in [1.165, 1.54) is 23.5 Å². The molecule has 1 atom stereocenters. The van der Waals surface area contributed by atoms with Crippen molar-refractivity contribution in [3.63, 3.8) is 0 Å². The lowest BCUT2D eigenvalue weighted by Gasteiger charge is -2.40. The van der Waals surface area contributed by atoms with Gasteiger partial charge in [0, 0.05) is 50.3 Å². The van der Waals surface area contributed by atoms with E-state index in [4.69, 9.17) is 14.2 Å². The number of methoxy groups -OCH3 is 1. The molecule has 218 valence electrons. The standard InChI is InChI=1S/C28H29N7O6S/c1-19-13-26(32-28(31-19)34-10-9-29-17-34)33-11-12-35(42(37,38)22-6-4-21(39-2)5-7-22)23(16-33)27(36)30-15-20-3-8-24-25(14-20)41-18-40-24/h3-10,13-14,17,23H,11-12,15-16,18H2,1-2H3,(H,30,36). The summed E-state index contributed by atoms with van der Waals surface area (Å²) in [5.74, 6) is 2.35. The first-order valence-corrected chi connectivity index (χ1v) is 14.7. The van der Waals surface area contributed by atoms with E-state index in [2.05, 4.69) is 20.3 Å². The van der Waals surface area contributed by atoms with Gasteiger partial charge in [0.05, 0.1) is 12.0 Å². The van der Waals surface area contributed by atoms with Crippen LogP contribution in [0.4, 0.5) is 5.82 Å². The molecule has 14 heteroatoms. The van der Waals surface area contributed by atoms with E-state index >= 15 is 0 Å². The van der Waals surface area contributed by atoms with E-state index < -0.39 is 22.0 Å². The average molecular weight is 592 g/mol. The molecule has 2 aromatic heterocycles. The van der Waals surface area contributed by atoms with Gasteiger partial charge >= 0.3 is 0 Å². The van der Waals surface area contributed by atoms with E-state index in [9.17, 15) is 13.2 Å². The molecule has 0 bridgehead atoms. The van der Waals surface area contributed by atoms with E-state index in [1.807, 2.05) is 24.0 Å². The predicted molar refractivity (Wildman–Crippen MR) is 151 cm³/mol. The van der Waals surface area contributed by atoms with Crippen LogP contribution in [0, 0.1) is 6.92 Å². The van der Waals surface area contributed by atoms with Crippen molar-refractivity contribution in [2.75, 3.05) is 38.4 Å². The van der Waals surface area contributed by atoms with Crippen molar-refractivity contribution in [2.24, 2.45) is 0 Å². The van der Waals surface area contributed by atoms with Gasteiger partial charge in [-0.1, -0.05) is 6.07 Å². The number of nitrogens with one attached hydrogen (secondary N) is 1. The number of carbonyl (C=O) groups excluding carboxylic acids is 1. The molecule has 1 amide bonds. The fourth-order valence-corrected chi connectivity index (χ4v) is 6.48. The molecule has 0 aliphatic carbocycles. The molecule has 0 radical (unpaired) electrons. The second kappa shape index (κ2) is 11.3. The first-order valence-electron chi connectivity index (χ1n) is 13.2. The molecular formula is C28H29N7O6S. The summed E-state index contributed by atoms with van der Waals surface area (Å²) in [5.41, 5.74) is 1.52. The molecule has 1 unspecified atom stereocenters. The van der Waals surface area contributed by atoms with Gasteiger partial charge in [-0.05, 0) is 48.9 Å². The Labute approximate surface area is 242 Å². The van der Waals surface area contributed by atoms with Crippen molar-refractivity contribution in [3.8, 4) is 23.2 Å². The third kappa shape index (κ3) is 5.45. The highest BCUT2D eigenvalue weighted by atomic mass is 32.2. The monoisotopic (exact) mass is 591 g/mol. The van der Waals surface area contributed by atoms with E-state index in [-0.39, 0.29) is 31.3 Å². The summed E-state index contributed by atoms with van der Waals surface area (Å²) >= 11 is 0. The molecule has 42 heavy (non-hydrogen) atoms. The number of fused-ring (bicyclic) bond motifs is 1. The molecule has 2 aliphatic rings. The number of aromatic nitrogens is 4. The first-order chi connectivity index (χ1) is 20.3. The lowest BCUT2D eigenvalue weighted by atomic mass is 10.1. The van der Waals surface area contributed by atoms with Crippen LogP contribution in [0.25, 0.3) is 5.95 Å². The van der Waals surface area contributed by atoms with Crippen LogP contribution < -0.4 is 24.4 Å². The highest BCUT2D eigenvalue weighted by Gasteiger charge is 2.40. The molecule has 13 nitrogen and oxygen atoms in total. The van der Waals surface area contributed by atoms with Crippen molar-refractivity contribution in [2.45, 2.75) is 24.4 Å². The SMILES string of the molecule is COc1ccc(S(=O)(=O)N2CCN(c3cc(C)nc(-n4ccnc4)n3)CC2C(=O)NCc2ccc3c(c2)OCO3)cc1. The molecule has 1 fully saturated rings. The number of hydrogen-bond donors (Lipinski definition) is 1. The van der Waals surface area contributed by atoms with Crippen LogP contribution in [0.3, 0.4) is 0 Å². The Kier molecular flexibility index (Phi) is 7.39. The van der Waals surface area contributed by atoms with E-state index in [0.717, 1.165) is 11.3 Å². The molecule has 0 spiro atoms. The maximum Gasteiger partial charge on any atom is 0.243 e. The fourth-order valence-electron chi connectivity index (χ4n) is 4.91. The number of carbonyl (C=O) groups is 1. The number of hydrogen-bond acceptors (Lipinski definition) is 10. The van der Waals surface area contributed by atoms with Gasteiger partial charge in [-0.2, -0.15) is 9.29 Å². The fraction of sp³-hybridized carbons (Fsp3) is 0.286. The Hall–Kier alpha value is -4.69. The summed E-state index contributed by atoms with van der Waals surface area (Å²) < 4.78 is 46.6. The van der Waals surface area contributed by atoms with Crippen molar-refractivity contribution in [1.29, 1.82) is 0 Å². The van der Waals surface area contributed by atoms with Gasteiger partial charge in [-0.25, -0.2) is 18.4 Å². The maximum absolute atomic E-state index is 13.8. The smallest absolute Gasteiger partial charge is 0.243 e. The summed E-state index contributed by atoms with van der Waals surface area (Å²) in [6.45, 7) is 2.65. The summed E-state index contributed by atoms with van der Waals surface area (Å²) in [6.07, 6.45) is 4.98. The van der Waals surface area contributed by atoms with Crippen LogP contribution in [-0.2, 0) is 21.4 Å². The van der Waals surface area contributed by atoms with Gasteiger partial charge in [-0.15, -0.1) is 0 Å². The molecular weight excluding hydrogens is 562 g/mol. The molecule has 1 saturated heterocycles. The molecule has 2 aromatic carbocycles. The Bertz CT molecular complexity index is 1700. The number of nitrogens with zero attached hydrogens (tertiary/aromatic N) is 6. The molecule has 1 N–H and O–H groups in total. The number of anilines is 1. The van der Waals surface area contributed by atoms with E-state index in [1.54, 1.807) is 47.6 Å². The molecule has 4 aromatic rings. The number of benzene rings is 2. The first kappa shape index (κ1) is 27.5. The molecule has 2 aliphatic heterocycles. The van der Waals surface area contributed by atoms with Crippen molar-refractivity contribution in [3.05, 3.63) is 78.5 Å². The zero-order valence-corrected chi connectivity index (χ0v) is 23.8. The number of sulfonamides is 1. The highest BCUT2D eigenvalue weighted by molar-refractivity contribution is 7.89. The summed E-state index contributed by atoms with van der Waals surface area (Å²) in [5, 5.41) is 2.92. The van der Waals surface area contributed by atoms with Gasteiger partial charge in [0.25, 0.3) is 0 Å². The number of imidazole rings is 1. The normalized spacial score (nSPS) is 16.8. The second-order valence-corrected chi connectivity index (χ2v) is 11.7. The largest absolute Gasteiger partial charge is 0.497 e. The molecule has 0 saturated carbocycles. The lowest BCUT2D eigenvalue weighted by molar-refractivity contribution is -0.125. The Morgan fingerprint density at radius 3 is 2.64 bits per heavy atom. The highest BCUT2D eigenvalue weighted by Crippen LogP contribution is 2.32. The zero-order chi connectivity index (χ0) is 29.3. The summed E-state index contributed by atoms with van der Waals surface area (Å²) in [4.78, 5) is 28.9. The Balaban J connectivity index is 1.28. The molecule has 6 rings (SSSR count). The lowest BCUT2D eigenvalue weighted by Crippen LogP contribution is -2.60. The van der Waals surface area contributed by atoms with Crippen molar-refractivity contribution < 1.29 is 27.4 Å². The van der Waals surface area contributed by atoms with Crippen molar-refractivity contribution >= 4 is 21.7 Å². The van der Waals surface area contributed by atoms with Gasteiger partial charge in [0.1, 0.15) is 23.9 Å². The van der Waals surface area contributed by atoms with Crippen LogP contribution >= 0.6 is 0 Å². The number of rotatable bonds is 8. The molecule has 4 heterocycles. The zero-order valence-electron chi connectivity index (χ0n) is 23.0. The minimum absolute atomic E-state index is 0.0694. The quantitative estimate of drug-likeness (QED) is 0.323. The third-order valence-electron chi connectivity index (χ3n) is 7.09. The Morgan fingerprint density at radius 1 is 1.07 bits per heavy atom. The summed E-state index contributed by atoms with van der Waals surface area (Å²) in [6, 6.07) is 12.3. The minimum Gasteiger partial charge on any atom is -0.497 e. The van der Waals surface area contributed by atoms with Crippen LogP contribution in [0.1, 0.15) is 11.3 Å². The third-order valence-corrected chi connectivity index (χ3v) is 9.01. The van der Waals surface area contributed by atoms with Crippen LogP contribution in [0.15, 0.2) is 72.1 Å².